The Balaban J connectivity index is 1.37. The number of benzene rings is 2. The molecule has 0 spiro atoms. The second kappa shape index (κ2) is 13.3. The zero-order valence-corrected chi connectivity index (χ0v) is 23.8. The average molecular weight is 533 g/mol. The van der Waals surface area contributed by atoms with Crippen molar-refractivity contribution in [2.24, 2.45) is 0 Å². The third-order valence-electron chi connectivity index (χ3n) is 9.52. The Labute approximate surface area is 235 Å². The summed E-state index contributed by atoms with van der Waals surface area (Å²) in [6.07, 6.45) is 14.9. The summed E-state index contributed by atoms with van der Waals surface area (Å²) < 4.78 is 5.73. The molecule has 3 N–H and O–H groups in total. The van der Waals surface area contributed by atoms with Gasteiger partial charge in [0.25, 0.3) is 0 Å². The monoisotopic (exact) mass is 532 g/mol. The van der Waals surface area contributed by atoms with E-state index in [0.717, 1.165) is 24.0 Å². The predicted molar refractivity (Wildman–Crippen MR) is 157 cm³/mol. The lowest BCUT2D eigenvalue weighted by molar-refractivity contribution is 0.0372. The van der Waals surface area contributed by atoms with Gasteiger partial charge in [0.05, 0.1) is 0 Å². The molecule has 1 aliphatic heterocycles. The van der Waals surface area contributed by atoms with Crippen molar-refractivity contribution in [3.8, 4) is 0 Å². The van der Waals surface area contributed by atoms with Crippen LogP contribution in [0, 0.1) is 0 Å². The Bertz CT molecular complexity index is 978. The van der Waals surface area contributed by atoms with Crippen molar-refractivity contribution in [2.75, 3.05) is 13.1 Å². The molecular weight excluding hydrogens is 484 g/mol. The van der Waals surface area contributed by atoms with Gasteiger partial charge in [-0.3, -0.25) is 0 Å². The highest BCUT2D eigenvalue weighted by Crippen LogP contribution is 2.40. The van der Waals surface area contributed by atoms with Gasteiger partial charge in [0, 0.05) is 25.6 Å². The van der Waals surface area contributed by atoms with Gasteiger partial charge in [-0.15, -0.1) is 0 Å². The van der Waals surface area contributed by atoms with E-state index in [1.807, 2.05) is 0 Å². The zero-order valence-electron chi connectivity index (χ0n) is 23.8. The first kappa shape index (κ1) is 28.2. The maximum absolute atomic E-state index is 12.6. The van der Waals surface area contributed by atoms with Crippen LogP contribution in [-0.4, -0.2) is 36.4 Å². The minimum atomic E-state index is -1.22. The van der Waals surface area contributed by atoms with E-state index in [-0.39, 0.29) is 18.2 Å². The van der Waals surface area contributed by atoms with Gasteiger partial charge in [0.15, 0.2) is 0 Å². The average Bonchev–Trinajstić information content (AvgIpc) is 3.47. The lowest BCUT2D eigenvalue weighted by atomic mass is 9.77. The van der Waals surface area contributed by atoms with E-state index in [0.29, 0.717) is 31.3 Å². The normalized spacial score (nSPS) is 23.0. The van der Waals surface area contributed by atoms with Gasteiger partial charge in [0.1, 0.15) is 11.7 Å². The van der Waals surface area contributed by atoms with Crippen LogP contribution in [0.4, 0.5) is 4.79 Å². The Hall–Kier alpha value is -2.37. The SMILES string of the molecule is CCCCNC(=O)O[C@H]1CNC(C(O)(c2ccc(C3CCCCC3)cc2)c2ccc(C3CCCCC3)cc2)C1. The summed E-state index contributed by atoms with van der Waals surface area (Å²) in [5, 5.41) is 18.9. The van der Waals surface area contributed by atoms with Crippen LogP contribution in [0.5, 0.6) is 0 Å². The topological polar surface area (TPSA) is 70.6 Å². The molecule has 2 atom stereocenters. The molecule has 1 unspecified atom stereocenters. The van der Waals surface area contributed by atoms with Crippen molar-refractivity contribution in [1.29, 1.82) is 0 Å². The molecule has 1 heterocycles. The van der Waals surface area contributed by atoms with Crippen LogP contribution in [-0.2, 0) is 10.3 Å². The zero-order chi connectivity index (χ0) is 27.1. The van der Waals surface area contributed by atoms with E-state index in [1.165, 1.54) is 75.3 Å². The third kappa shape index (κ3) is 6.69. The molecule has 2 aliphatic carbocycles. The second-order valence-corrected chi connectivity index (χ2v) is 12.2. The van der Waals surface area contributed by atoms with Crippen molar-refractivity contribution < 1.29 is 14.6 Å². The first-order valence-corrected chi connectivity index (χ1v) is 15.7. The minimum absolute atomic E-state index is 0.257. The molecule has 0 aromatic heterocycles. The van der Waals surface area contributed by atoms with Gasteiger partial charge in [-0.25, -0.2) is 4.79 Å². The van der Waals surface area contributed by atoms with Crippen LogP contribution in [0.15, 0.2) is 48.5 Å². The maximum atomic E-state index is 12.6. The van der Waals surface area contributed by atoms with Gasteiger partial charge in [-0.05, 0) is 66.2 Å². The van der Waals surface area contributed by atoms with Crippen LogP contribution in [0.3, 0.4) is 0 Å². The largest absolute Gasteiger partial charge is 0.445 e. The molecular formula is C34H48N2O3. The third-order valence-corrected chi connectivity index (χ3v) is 9.52. The van der Waals surface area contributed by atoms with Crippen molar-refractivity contribution in [1.82, 2.24) is 10.6 Å². The maximum Gasteiger partial charge on any atom is 0.407 e. The van der Waals surface area contributed by atoms with Crippen LogP contribution >= 0.6 is 0 Å². The van der Waals surface area contributed by atoms with Gasteiger partial charge in [-0.2, -0.15) is 0 Å². The van der Waals surface area contributed by atoms with E-state index >= 15 is 0 Å². The molecule has 1 amide bonds. The Morgan fingerprint density at radius 2 is 1.38 bits per heavy atom. The molecule has 0 bridgehead atoms. The molecule has 0 radical (unpaired) electrons. The van der Waals surface area contributed by atoms with E-state index in [1.54, 1.807) is 0 Å². The lowest BCUT2D eigenvalue weighted by Crippen LogP contribution is -2.46. The number of amides is 1. The fraction of sp³-hybridized carbons (Fsp3) is 0.618. The van der Waals surface area contributed by atoms with Crippen LogP contribution in [0.25, 0.3) is 0 Å². The summed E-state index contributed by atoms with van der Waals surface area (Å²) >= 11 is 0. The van der Waals surface area contributed by atoms with Gasteiger partial charge in [-0.1, -0.05) is 100 Å². The number of carbonyl (C=O) groups is 1. The Morgan fingerprint density at radius 1 is 0.872 bits per heavy atom. The Kier molecular flexibility index (Phi) is 9.62. The fourth-order valence-electron chi connectivity index (χ4n) is 7.13. The van der Waals surface area contributed by atoms with Crippen LogP contribution in [0.2, 0.25) is 0 Å². The molecule has 39 heavy (non-hydrogen) atoms. The van der Waals surface area contributed by atoms with E-state index in [4.69, 9.17) is 4.74 Å². The standard InChI is InChI=1S/C34H48N2O3/c1-2-3-22-35-33(37)39-31-23-32(36-24-31)34(38,29-18-14-27(15-19-29)25-10-6-4-7-11-25)30-20-16-28(17-21-30)26-12-8-5-9-13-26/h14-21,25-26,31-32,36,38H,2-13,22-24H2,1H3,(H,35,37)/t31-,32?/m1/s1. The summed E-state index contributed by atoms with van der Waals surface area (Å²) in [4.78, 5) is 12.3. The first-order valence-electron chi connectivity index (χ1n) is 15.7. The van der Waals surface area contributed by atoms with Crippen molar-refractivity contribution in [3.63, 3.8) is 0 Å². The number of rotatable bonds is 9. The van der Waals surface area contributed by atoms with Crippen LogP contribution < -0.4 is 10.6 Å². The first-order chi connectivity index (χ1) is 19.1. The number of nitrogens with one attached hydrogen (secondary N) is 2. The van der Waals surface area contributed by atoms with E-state index in [2.05, 4.69) is 66.1 Å². The number of carbonyl (C=O) groups excluding carboxylic acids is 1. The van der Waals surface area contributed by atoms with Crippen molar-refractivity contribution in [3.05, 3.63) is 70.8 Å². The fourth-order valence-corrected chi connectivity index (χ4v) is 7.13. The van der Waals surface area contributed by atoms with Crippen molar-refractivity contribution in [2.45, 2.75) is 120 Å². The van der Waals surface area contributed by atoms with E-state index < -0.39 is 5.60 Å². The van der Waals surface area contributed by atoms with E-state index in [9.17, 15) is 9.90 Å². The number of alkyl carbamates (subject to hydrolysis) is 1. The number of ether oxygens (including phenoxy) is 1. The molecule has 212 valence electrons. The van der Waals surface area contributed by atoms with Gasteiger partial charge in [0.2, 0.25) is 0 Å². The highest BCUT2D eigenvalue weighted by Gasteiger charge is 2.45. The Morgan fingerprint density at radius 3 is 1.87 bits per heavy atom. The molecule has 5 heteroatoms. The molecule has 3 fully saturated rings. The molecule has 5 rings (SSSR count). The highest BCUT2D eigenvalue weighted by atomic mass is 16.6. The van der Waals surface area contributed by atoms with Gasteiger partial charge < -0.3 is 20.5 Å². The molecule has 2 saturated carbocycles. The second-order valence-electron chi connectivity index (χ2n) is 12.2. The smallest absolute Gasteiger partial charge is 0.407 e. The summed E-state index contributed by atoms with van der Waals surface area (Å²) in [5.41, 5.74) is 3.36. The van der Waals surface area contributed by atoms with Gasteiger partial charge >= 0.3 is 6.09 Å². The number of hydrogen-bond donors (Lipinski definition) is 3. The number of aliphatic hydroxyl groups is 1. The molecule has 5 nitrogen and oxygen atoms in total. The molecule has 2 aromatic rings. The highest BCUT2D eigenvalue weighted by molar-refractivity contribution is 5.67. The summed E-state index contributed by atoms with van der Waals surface area (Å²) in [5.74, 6) is 1.26. The van der Waals surface area contributed by atoms with Crippen LogP contribution in [0.1, 0.15) is 124 Å². The molecule has 1 saturated heterocycles. The minimum Gasteiger partial charge on any atom is -0.445 e. The quantitative estimate of drug-likeness (QED) is 0.297. The summed E-state index contributed by atoms with van der Waals surface area (Å²) in [6.45, 7) is 3.26. The summed E-state index contributed by atoms with van der Waals surface area (Å²) in [7, 11) is 0. The predicted octanol–water partition coefficient (Wildman–Crippen LogP) is 7.27. The number of hydrogen-bond acceptors (Lipinski definition) is 4. The molecule has 2 aromatic carbocycles. The summed E-state index contributed by atoms with van der Waals surface area (Å²) in [6, 6.07) is 17.2. The number of unbranched alkanes of at least 4 members (excludes halogenated alkanes) is 1. The van der Waals surface area contributed by atoms with Crippen molar-refractivity contribution >= 4 is 6.09 Å². The molecule has 3 aliphatic rings. The lowest BCUT2D eigenvalue weighted by Gasteiger charge is -2.36.